The summed E-state index contributed by atoms with van der Waals surface area (Å²) in [5, 5.41) is 0. The van der Waals surface area contributed by atoms with E-state index in [1.54, 1.807) is 0 Å². The first-order valence-electron chi connectivity index (χ1n) is 4.38. The maximum absolute atomic E-state index is 5.83. The summed E-state index contributed by atoms with van der Waals surface area (Å²) in [5.74, 6) is 0. The highest BCUT2D eigenvalue weighted by Gasteiger charge is 2.11. The minimum absolute atomic E-state index is 0.0485. The van der Waals surface area contributed by atoms with Crippen LogP contribution in [0.25, 0.3) is 11.3 Å². The topological polar surface area (TPSA) is 38.9 Å². The molecule has 1 aliphatic carbocycles. The Kier molecular flexibility index (Phi) is 1.99. The van der Waals surface area contributed by atoms with Gasteiger partial charge < -0.3 is 5.73 Å². The summed E-state index contributed by atoms with van der Waals surface area (Å²) in [6, 6.07) is 10.1. The molecule has 0 aromatic carbocycles. The standard InChI is InChI=1S/C11H12N2/c1-8(12)10-7-13-11-6-4-2-3-5-9(10)11/h2-8H,12H2,1H3. The number of fused-ring (bicyclic) bond motifs is 1. The van der Waals surface area contributed by atoms with Gasteiger partial charge in [0.1, 0.15) is 0 Å². The quantitative estimate of drug-likeness (QED) is 0.716. The molecule has 2 rings (SSSR count). The molecule has 2 aliphatic rings. The van der Waals surface area contributed by atoms with Crippen LogP contribution in [0.15, 0.2) is 36.5 Å². The van der Waals surface area contributed by atoms with Crippen LogP contribution in [-0.2, 0) is 0 Å². The zero-order valence-corrected chi connectivity index (χ0v) is 7.57. The summed E-state index contributed by atoms with van der Waals surface area (Å²) in [4.78, 5) is 4.30. The van der Waals surface area contributed by atoms with Crippen LogP contribution >= 0.6 is 0 Å². The average Bonchev–Trinajstić information content (AvgIpc) is 2.36. The second kappa shape index (κ2) is 3.15. The SMILES string of the molecule is CC(N)c1cnc2cccccc1-2. The molecule has 66 valence electrons. The Labute approximate surface area is 77.8 Å². The molecule has 1 atom stereocenters. The van der Waals surface area contributed by atoms with E-state index in [1.807, 2.05) is 37.4 Å². The Hall–Kier alpha value is -1.41. The molecule has 2 heteroatoms. The molecule has 1 heterocycles. The van der Waals surface area contributed by atoms with Gasteiger partial charge in [-0.05, 0) is 18.6 Å². The van der Waals surface area contributed by atoms with Crippen molar-refractivity contribution < 1.29 is 0 Å². The van der Waals surface area contributed by atoms with Crippen LogP contribution in [0.3, 0.4) is 0 Å². The van der Waals surface area contributed by atoms with E-state index in [2.05, 4.69) is 11.1 Å². The fourth-order valence-electron chi connectivity index (χ4n) is 1.47. The molecule has 0 saturated carbocycles. The lowest BCUT2D eigenvalue weighted by Gasteiger charge is -2.02. The van der Waals surface area contributed by atoms with E-state index in [9.17, 15) is 0 Å². The van der Waals surface area contributed by atoms with Crippen molar-refractivity contribution in [2.75, 3.05) is 0 Å². The molecular formula is C11H12N2. The van der Waals surface area contributed by atoms with Gasteiger partial charge >= 0.3 is 0 Å². The molecule has 2 nitrogen and oxygen atoms in total. The van der Waals surface area contributed by atoms with E-state index in [4.69, 9.17) is 5.73 Å². The summed E-state index contributed by atoms with van der Waals surface area (Å²) in [6.45, 7) is 1.98. The van der Waals surface area contributed by atoms with Crippen LogP contribution < -0.4 is 5.73 Å². The third-order valence-corrected chi connectivity index (χ3v) is 2.16. The maximum Gasteiger partial charge on any atom is 0.0706 e. The third-order valence-electron chi connectivity index (χ3n) is 2.16. The minimum Gasteiger partial charge on any atom is -0.324 e. The van der Waals surface area contributed by atoms with Crippen molar-refractivity contribution >= 4 is 0 Å². The highest BCUT2D eigenvalue weighted by molar-refractivity contribution is 5.65. The number of rotatable bonds is 1. The molecule has 0 saturated heterocycles. The van der Waals surface area contributed by atoms with E-state index < -0.39 is 0 Å². The first-order chi connectivity index (χ1) is 6.29. The summed E-state index contributed by atoms with van der Waals surface area (Å²) >= 11 is 0. The Morgan fingerprint density at radius 2 is 2.00 bits per heavy atom. The van der Waals surface area contributed by atoms with Gasteiger partial charge in [0.25, 0.3) is 0 Å². The minimum atomic E-state index is 0.0485. The largest absolute Gasteiger partial charge is 0.324 e. The lowest BCUT2D eigenvalue weighted by Crippen LogP contribution is -2.04. The highest BCUT2D eigenvalue weighted by atomic mass is 14.7. The summed E-state index contributed by atoms with van der Waals surface area (Å²) in [5.41, 5.74) is 9.11. The molecule has 0 amide bonds. The van der Waals surface area contributed by atoms with Crippen molar-refractivity contribution in [1.82, 2.24) is 4.98 Å². The van der Waals surface area contributed by atoms with E-state index in [-0.39, 0.29) is 6.04 Å². The van der Waals surface area contributed by atoms with Crippen molar-refractivity contribution in [2.45, 2.75) is 13.0 Å². The van der Waals surface area contributed by atoms with Gasteiger partial charge in [0, 0.05) is 17.8 Å². The molecule has 0 aromatic rings. The van der Waals surface area contributed by atoms with Crippen LogP contribution in [0.2, 0.25) is 0 Å². The van der Waals surface area contributed by atoms with E-state index >= 15 is 0 Å². The van der Waals surface area contributed by atoms with Crippen molar-refractivity contribution in [3.05, 3.63) is 42.1 Å². The predicted molar refractivity (Wildman–Crippen MR) is 53.5 cm³/mol. The zero-order valence-electron chi connectivity index (χ0n) is 7.57. The second-order valence-corrected chi connectivity index (χ2v) is 3.21. The number of hydrogen-bond acceptors (Lipinski definition) is 2. The van der Waals surface area contributed by atoms with Crippen LogP contribution in [-0.4, -0.2) is 4.98 Å². The second-order valence-electron chi connectivity index (χ2n) is 3.21. The molecule has 2 N–H and O–H groups in total. The van der Waals surface area contributed by atoms with Gasteiger partial charge in [-0.25, -0.2) is 0 Å². The summed E-state index contributed by atoms with van der Waals surface area (Å²) < 4.78 is 0. The lowest BCUT2D eigenvalue weighted by atomic mass is 10.1. The zero-order chi connectivity index (χ0) is 9.26. The van der Waals surface area contributed by atoms with Gasteiger partial charge in [-0.3, -0.25) is 4.98 Å². The maximum atomic E-state index is 5.83. The molecule has 1 unspecified atom stereocenters. The van der Waals surface area contributed by atoms with Crippen LogP contribution in [0.5, 0.6) is 0 Å². The smallest absolute Gasteiger partial charge is 0.0706 e. The Morgan fingerprint density at radius 1 is 1.23 bits per heavy atom. The fraction of sp³-hybridized carbons (Fsp3) is 0.182. The Morgan fingerprint density at radius 3 is 2.77 bits per heavy atom. The van der Waals surface area contributed by atoms with Crippen LogP contribution in [0.4, 0.5) is 0 Å². The van der Waals surface area contributed by atoms with Gasteiger partial charge in [-0.1, -0.05) is 24.3 Å². The van der Waals surface area contributed by atoms with Gasteiger partial charge in [0.15, 0.2) is 0 Å². The van der Waals surface area contributed by atoms with E-state index in [1.165, 1.54) is 0 Å². The average molecular weight is 172 g/mol. The van der Waals surface area contributed by atoms with Crippen molar-refractivity contribution in [1.29, 1.82) is 0 Å². The van der Waals surface area contributed by atoms with Gasteiger partial charge in [0.05, 0.1) is 5.69 Å². The molecule has 0 radical (unpaired) electrons. The normalized spacial score (nSPS) is 13.1. The van der Waals surface area contributed by atoms with E-state index in [0.717, 1.165) is 16.8 Å². The van der Waals surface area contributed by atoms with Gasteiger partial charge in [0.2, 0.25) is 0 Å². The fourth-order valence-corrected chi connectivity index (χ4v) is 1.47. The van der Waals surface area contributed by atoms with Crippen molar-refractivity contribution in [3.63, 3.8) is 0 Å². The number of hydrogen-bond donors (Lipinski definition) is 1. The molecule has 13 heavy (non-hydrogen) atoms. The third kappa shape index (κ3) is 1.40. The van der Waals surface area contributed by atoms with Gasteiger partial charge in [-0.15, -0.1) is 0 Å². The van der Waals surface area contributed by atoms with Crippen LogP contribution in [0, 0.1) is 0 Å². The Balaban J connectivity index is 2.62. The van der Waals surface area contributed by atoms with Crippen molar-refractivity contribution in [3.8, 4) is 11.3 Å². The first kappa shape index (κ1) is 8.20. The van der Waals surface area contributed by atoms with E-state index in [0.29, 0.717) is 0 Å². The molecule has 0 bridgehead atoms. The molecule has 0 fully saturated rings. The predicted octanol–water partition coefficient (Wildman–Crippen LogP) is 2.21. The monoisotopic (exact) mass is 172 g/mol. The number of aromatic nitrogens is 1. The lowest BCUT2D eigenvalue weighted by molar-refractivity contribution is 0.822. The first-order valence-corrected chi connectivity index (χ1v) is 4.38. The Bertz CT molecular complexity index is 382. The summed E-state index contributed by atoms with van der Waals surface area (Å²) in [7, 11) is 0. The van der Waals surface area contributed by atoms with Crippen LogP contribution in [0.1, 0.15) is 18.5 Å². The molecule has 1 aliphatic heterocycles. The number of nitrogens with two attached hydrogens (primary N) is 1. The highest BCUT2D eigenvalue weighted by Crippen LogP contribution is 2.27. The van der Waals surface area contributed by atoms with Crippen molar-refractivity contribution in [2.24, 2.45) is 5.73 Å². The molecule has 0 spiro atoms. The van der Waals surface area contributed by atoms with Gasteiger partial charge in [-0.2, -0.15) is 0 Å². The molecular weight excluding hydrogens is 160 g/mol. The number of nitrogens with zero attached hydrogens (tertiary/aromatic N) is 1. The summed E-state index contributed by atoms with van der Waals surface area (Å²) in [6.07, 6.45) is 1.86. The molecule has 0 aromatic heterocycles.